The average molecular weight is 277 g/mol. The monoisotopic (exact) mass is 277 g/mol. The molecule has 1 aliphatic carbocycles. The lowest BCUT2D eigenvalue weighted by Crippen LogP contribution is -2.40. The molecule has 1 aromatic heterocycles. The van der Waals surface area contributed by atoms with Crippen LogP contribution in [0.25, 0.3) is 0 Å². The second-order valence-electron chi connectivity index (χ2n) is 6.03. The number of amides is 1. The first-order valence-corrected chi connectivity index (χ1v) is 7.61. The molecule has 1 aromatic rings. The summed E-state index contributed by atoms with van der Waals surface area (Å²) in [4.78, 5) is 19.0. The van der Waals surface area contributed by atoms with Crippen LogP contribution in [0.4, 0.5) is 0 Å². The fourth-order valence-corrected chi connectivity index (χ4v) is 2.99. The molecule has 0 bridgehead atoms. The molecule has 0 atom stereocenters. The summed E-state index contributed by atoms with van der Waals surface area (Å²) in [7, 11) is 0. The van der Waals surface area contributed by atoms with E-state index in [2.05, 4.69) is 10.3 Å². The normalized spacial score (nSPS) is 20.1. The highest BCUT2D eigenvalue weighted by atomic mass is 16.4. The molecule has 0 radical (unpaired) electrons. The zero-order valence-electron chi connectivity index (χ0n) is 12.3. The van der Waals surface area contributed by atoms with Crippen molar-refractivity contribution in [2.24, 2.45) is 5.92 Å². The van der Waals surface area contributed by atoms with Crippen LogP contribution in [0.5, 0.6) is 0 Å². The summed E-state index contributed by atoms with van der Waals surface area (Å²) >= 11 is 0. The summed E-state index contributed by atoms with van der Waals surface area (Å²) in [6.07, 6.45) is 4.57. The van der Waals surface area contributed by atoms with Gasteiger partial charge in [-0.05, 0) is 51.6 Å². The maximum absolute atomic E-state index is 12.7. The molecular weight excluding hydrogens is 254 g/mol. The van der Waals surface area contributed by atoms with Crippen LogP contribution in [0, 0.1) is 19.8 Å². The zero-order chi connectivity index (χ0) is 14.1. The lowest BCUT2D eigenvalue weighted by atomic mass is 9.97. The van der Waals surface area contributed by atoms with E-state index in [1.807, 2.05) is 11.8 Å². The van der Waals surface area contributed by atoms with E-state index in [0.717, 1.165) is 45.3 Å². The lowest BCUT2D eigenvalue weighted by Gasteiger charge is -2.29. The molecule has 3 rings (SSSR count). The van der Waals surface area contributed by atoms with Crippen molar-refractivity contribution in [1.29, 1.82) is 0 Å². The van der Waals surface area contributed by atoms with E-state index in [-0.39, 0.29) is 5.91 Å². The fourth-order valence-electron chi connectivity index (χ4n) is 2.99. The van der Waals surface area contributed by atoms with Gasteiger partial charge in [0.25, 0.3) is 5.91 Å². The van der Waals surface area contributed by atoms with E-state index >= 15 is 0 Å². The predicted molar refractivity (Wildman–Crippen MR) is 75.6 cm³/mol. The van der Waals surface area contributed by atoms with Crippen molar-refractivity contribution < 1.29 is 9.21 Å². The number of nitrogens with one attached hydrogen (secondary N) is 1. The largest absolute Gasteiger partial charge is 0.436 e. The number of hydrogen-bond acceptors (Lipinski definition) is 4. The molecule has 1 saturated heterocycles. The van der Waals surface area contributed by atoms with Crippen LogP contribution in [0.1, 0.15) is 47.8 Å². The minimum Gasteiger partial charge on any atom is -0.436 e. The third kappa shape index (κ3) is 2.87. The highest BCUT2D eigenvalue weighted by Gasteiger charge is 2.36. The lowest BCUT2D eigenvalue weighted by molar-refractivity contribution is 0.0667. The molecule has 0 unspecified atom stereocenters. The van der Waals surface area contributed by atoms with Crippen LogP contribution in [0.15, 0.2) is 4.42 Å². The fraction of sp³-hybridized carbons (Fsp3) is 0.733. The van der Waals surface area contributed by atoms with Crippen LogP contribution in [0.3, 0.4) is 0 Å². The smallest absolute Gasteiger partial charge is 0.291 e. The summed E-state index contributed by atoms with van der Waals surface area (Å²) in [6.45, 7) is 6.64. The molecule has 1 aliphatic heterocycles. The van der Waals surface area contributed by atoms with Gasteiger partial charge < -0.3 is 14.6 Å². The third-order valence-corrected chi connectivity index (χ3v) is 4.26. The highest BCUT2D eigenvalue weighted by Crippen LogP contribution is 2.31. The van der Waals surface area contributed by atoms with Crippen LogP contribution in [-0.4, -0.2) is 41.5 Å². The van der Waals surface area contributed by atoms with Crippen molar-refractivity contribution in [3.8, 4) is 0 Å². The number of nitrogens with zero attached hydrogens (tertiary/aromatic N) is 2. The van der Waals surface area contributed by atoms with Crippen molar-refractivity contribution in [2.75, 3.05) is 19.6 Å². The number of hydrogen-bond donors (Lipinski definition) is 1. The molecule has 5 nitrogen and oxygen atoms in total. The summed E-state index contributed by atoms with van der Waals surface area (Å²) < 4.78 is 5.51. The van der Waals surface area contributed by atoms with E-state index in [1.165, 1.54) is 0 Å². The Bertz CT molecular complexity index is 487. The predicted octanol–water partition coefficient (Wildman–Crippen LogP) is 1.90. The Kier molecular flexibility index (Phi) is 3.78. The first-order valence-electron chi connectivity index (χ1n) is 7.61. The van der Waals surface area contributed by atoms with Crippen LogP contribution < -0.4 is 5.32 Å². The minimum atomic E-state index is 0.0316. The van der Waals surface area contributed by atoms with Gasteiger partial charge in [0.05, 0.1) is 5.69 Å². The number of carbonyl (C=O) groups excluding carboxylic acids is 1. The molecule has 1 N–H and O–H groups in total. The SMILES string of the molecule is Cc1nc(C)c(C(=O)N(CC2CCNCC2)C2CC2)o1. The quantitative estimate of drug-likeness (QED) is 0.913. The van der Waals surface area contributed by atoms with E-state index < -0.39 is 0 Å². The van der Waals surface area contributed by atoms with Gasteiger partial charge in [-0.3, -0.25) is 4.79 Å². The summed E-state index contributed by atoms with van der Waals surface area (Å²) in [5.41, 5.74) is 0.712. The van der Waals surface area contributed by atoms with E-state index in [1.54, 1.807) is 6.92 Å². The van der Waals surface area contributed by atoms with E-state index in [9.17, 15) is 4.79 Å². The molecule has 110 valence electrons. The number of aromatic nitrogens is 1. The van der Waals surface area contributed by atoms with Crippen LogP contribution >= 0.6 is 0 Å². The van der Waals surface area contributed by atoms with Gasteiger partial charge in [0.1, 0.15) is 0 Å². The minimum absolute atomic E-state index is 0.0316. The van der Waals surface area contributed by atoms with Crippen molar-refractivity contribution >= 4 is 5.91 Å². The first kappa shape index (κ1) is 13.6. The zero-order valence-corrected chi connectivity index (χ0v) is 12.3. The van der Waals surface area contributed by atoms with Gasteiger partial charge in [-0.25, -0.2) is 4.98 Å². The van der Waals surface area contributed by atoms with Gasteiger partial charge in [-0.15, -0.1) is 0 Å². The van der Waals surface area contributed by atoms with Gasteiger partial charge in [0.15, 0.2) is 5.89 Å². The Morgan fingerprint density at radius 2 is 2.00 bits per heavy atom. The van der Waals surface area contributed by atoms with Crippen LogP contribution in [-0.2, 0) is 0 Å². The Morgan fingerprint density at radius 1 is 1.30 bits per heavy atom. The topological polar surface area (TPSA) is 58.4 Å². The Morgan fingerprint density at radius 3 is 2.55 bits per heavy atom. The third-order valence-electron chi connectivity index (χ3n) is 4.26. The first-order chi connectivity index (χ1) is 9.65. The van der Waals surface area contributed by atoms with Crippen molar-refractivity contribution in [3.05, 3.63) is 17.3 Å². The molecule has 0 spiro atoms. The molecule has 0 aromatic carbocycles. The molecule has 20 heavy (non-hydrogen) atoms. The molecule has 2 heterocycles. The number of aryl methyl sites for hydroxylation is 2. The maximum Gasteiger partial charge on any atom is 0.291 e. The Balaban J connectivity index is 1.72. The van der Waals surface area contributed by atoms with E-state index in [0.29, 0.717) is 29.3 Å². The average Bonchev–Trinajstić information content (AvgIpc) is 3.22. The second kappa shape index (κ2) is 5.56. The van der Waals surface area contributed by atoms with Crippen LogP contribution in [0.2, 0.25) is 0 Å². The van der Waals surface area contributed by atoms with Gasteiger partial charge in [-0.1, -0.05) is 0 Å². The number of oxazole rings is 1. The maximum atomic E-state index is 12.7. The Hall–Kier alpha value is -1.36. The van der Waals surface area contributed by atoms with Gasteiger partial charge in [0.2, 0.25) is 5.76 Å². The molecule has 1 amide bonds. The summed E-state index contributed by atoms with van der Waals surface area (Å²) in [6, 6.07) is 0.419. The van der Waals surface area contributed by atoms with Crippen molar-refractivity contribution in [3.63, 3.8) is 0 Å². The van der Waals surface area contributed by atoms with Crippen molar-refractivity contribution in [1.82, 2.24) is 15.2 Å². The molecular formula is C15H23N3O2. The van der Waals surface area contributed by atoms with Gasteiger partial charge >= 0.3 is 0 Å². The summed E-state index contributed by atoms with van der Waals surface area (Å²) in [5, 5.41) is 3.37. The number of piperidine rings is 1. The number of carbonyl (C=O) groups is 1. The molecule has 5 heteroatoms. The van der Waals surface area contributed by atoms with E-state index in [4.69, 9.17) is 4.42 Å². The molecule has 2 aliphatic rings. The summed E-state index contributed by atoms with van der Waals surface area (Å²) in [5.74, 6) is 1.65. The molecule has 2 fully saturated rings. The standard InChI is InChI=1S/C15H23N3O2/c1-10-14(20-11(2)17-10)15(19)18(13-3-4-13)9-12-5-7-16-8-6-12/h12-13,16H,3-9H2,1-2H3. The number of rotatable bonds is 4. The second-order valence-corrected chi connectivity index (χ2v) is 6.03. The van der Waals surface area contributed by atoms with Gasteiger partial charge in [-0.2, -0.15) is 0 Å². The highest BCUT2D eigenvalue weighted by molar-refractivity contribution is 5.92. The van der Waals surface area contributed by atoms with Crippen molar-refractivity contribution in [2.45, 2.75) is 45.6 Å². The Labute approximate surface area is 119 Å². The van der Waals surface area contributed by atoms with Gasteiger partial charge in [0, 0.05) is 19.5 Å². The molecule has 1 saturated carbocycles.